The first-order valence-corrected chi connectivity index (χ1v) is 9.26. The maximum absolute atomic E-state index is 12.0. The van der Waals surface area contributed by atoms with E-state index in [2.05, 4.69) is 0 Å². The molecule has 1 aliphatic carbocycles. The molecule has 0 radical (unpaired) electrons. The summed E-state index contributed by atoms with van der Waals surface area (Å²) in [7, 11) is -3.49. The third-order valence-corrected chi connectivity index (χ3v) is 5.46. The molecular formula is C12H20N2O10P+. The third-order valence-electron chi connectivity index (χ3n) is 4.56. The fourth-order valence-electron chi connectivity index (χ4n) is 3.05. The van der Waals surface area contributed by atoms with Gasteiger partial charge in [-0.1, -0.05) is 0 Å². The fourth-order valence-corrected chi connectivity index (χ4v) is 3.96. The van der Waals surface area contributed by atoms with Crippen LogP contribution in [0.3, 0.4) is 0 Å². The molecule has 3 rings (SSSR count). The van der Waals surface area contributed by atoms with Crippen LogP contribution < -0.4 is 11.0 Å². The monoisotopic (exact) mass is 383 g/mol. The molecule has 12 nitrogen and oxygen atoms in total. The predicted molar refractivity (Wildman–Crippen MR) is 77.8 cm³/mol. The summed E-state index contributed by atoms with van der Waals surface area (Å²) < 4.78 is 20.2. The molecule has 13 heteroatoms. The van der Waals surface area contributed by atoms with Crippen LogP contribution in [0.1, 0.15) is 12.8 Å². The van der Waals surface area contributed by atoms with E-state index in [9.17, 15) is 24.9 Å². The quantitative estimate of drug-likeness (QED) is 0.209. The summed E-state index contributed by atoms with van der Waals surface area (Å²) in [5.41, 5.74) is 9.16. The number of aliphatic hydroxyl groups excluding tert-OH is 4. The highest BCUT2D eigenvalue weighted by molar-refractivity contribution is 7.62. The van der Waals surface area contributed by atoms with Crippen molar-refractivity contribution >= 4 is 20.0 Å². The zero-order valence-corrected chi connectivity index (χ0v) is 13.8. The lowest BCUT2D eigenvalue weighted by Gasteiger charge is -2.47. The summed E-state index contributed by atoms with van der Waals surface area (Å²) in [6, 6.07) is 0. The summed E-state index contributed by atoms with van der Waals surface area (Å²) in [5, 5.41) is 38.5. The molecule has 2 heterocycles. The summed E-state index contributed by atoms with van der Waals surface area (Å²) in [5.74, 6) is -1.79. The first-order chi connectivity index (χ1) is 11.6. The van der Waals surface area contributed by atoms with Gasteiger partial charge in [-0.3, -0.25) is 0 Å². The van der Waals surface area contributed by atoms with Crippen LogP contribution in [0.2, 0.25) is 0 Å². The van der Waals surface area contributed by atoms with Crippen LogP contribution in [0.15, 0.2) is 0 Å². The average molecular weight is 383 g/mol. The number of nitrogens with two attached hydrogens (primary N) is 2. The smallest absolute Gasteiger partial charge is 0.394 e. The molecule has 142 valence electrons. The van der Waals surface area contributed by atoms with Crippen LogP contribution in [0.5, 0.6) is 0 Å². The van der Waals surface area contributed by atoms with Crippen molar-refractivity contribution in [2.24, 2.45) is 16.4 Å². The van der Waals surface area contributed by atoms with Crippen LogP contribution in [0.25, 0.3) is 0 Å². The SMILES string of the molecule is N[P+]1(N)OC(=O)C2(CC(OC3O[C@H](CO)[C@H](O)[C@H](O)[C@H]3O)C2)C(=O)O1. The van der Waals surface area contributed by atoms with Crippen LogP contribution in [0, 0.1) is 5.41 Å². The molecule has 0 amide bonds. The summed E-state index contributed by atoms with van der Waals surface area (Å²) in [6.45, 7) is -0.600. The second-order valence-electron chi connectivity index (χ2n) is 6.35. The van der Waals surface area contributed by atoms with Gasteiger partial charge in [0.15, 0.2) is 11.7 Å². The summed E-state index contributed by atoms with van der Waals surface area (Å²) >= 11 is 0. The molecule has 2 aliphatic heterocycles. The maximum Gasteiger partial charge on any atom is 0.521 e. The van der Waals surface area contributed by atoms with Gasteiger partial charge in [-0.15, -0.1) is 11.0 Å². The highest BCUT2D eigenvalue weighted by atomic mass is 31.2. The minimum atomic E-state index is -3.49. The molecule has 0 aromatic carbocycles. The number of ether oxygens (including phenoxy) is 2. The Morgan fingerprint density at radius 1 is 1.08 bits per heavy atom. The molecule has 3 aliphatic rings. The standard InChI is InChI=1S/C12H20N2O10P/c13-25(14)23-10(19)12(11(20)24-25)1-4(2-12)21-9-8(18)7(17)6(16)5(3-15)22-9/h4-9,15-18H,1-3,13-14H2/q+1/t5-,6+,7+,8-,9?/m1/s1. The van der Waals surface area contributed by atoms with Crippen LogP contribution in [-0.2, 0) is 28.1 Å². The van der Waals surface area contributed by atoms with Crippen molar-refractivity contribution in [3.8, 4) is 0 Å². The molecular weight excluding hydrogens is 363 g/mol. The van der Waals surface area contributed by atoms with Crippen LogP contribution >= 0.6 is 8.02 Å². The highest BCUT2D eigenvalue weighted by Gasteiger charge is 2.69. The Labute approximate surface area is 142 Å². The van der Waals surface area contributed by atoms with Crippen molar-refractivity contribution in [3.05, 3.63) is 0 Å². The Morgan fingerprint density at radius 2 is 1.64 bits per heavy atom. The van der Waals surface area contributed by atoms with Crippen molar-refractivity contribution in [1.29, 1.82) is 0 Å². The number of carbonyl (C=O) groups is 2. The maximum atomic E-state index is 12.0. The van der Waals surface area contributed by atoms with Crippen molar-refractivity contribution in [2.75, 3.05) is 6.61 Å². The minimum absolute atomic E-state index is 0.111. The number of hydrogen-bond acceptors (Lipinski definition) is 12. The van der Waals surface area contributed by atoms with E-state index in [0.29, 0.717) is 0 Å². The topological polar surface area (TPSA) is 204 Å². The molecule has 5 atom stereocenters. The van der Waals surface area contributed by atoms with Gasteiger partial charge >= 0.3 is 20.0 Å². The lowest BCUT2D eigenvalue weighted by molar-refractivity contribution is -0.321. The molecule has 1 saturated carbocycles. The van der Waals surface area contributed by atoms with Gasteiger partial charge in [0.05, 0.1) is 12.7 Å². The molecule has 25 heavy (non-hydrogen) atoms. The van der Waals surface area contributed by atoms with E-state index in [0.717, 1.165) is 0 Å². The number of rotatable bonds is 3. The second kappa shape index (κ2) is 6.34. The number of aliphatic hydroxyl groups is 4. The zero-order valence-electron chi connectivity index (χ0n) is 12.9. The van der Waals surface area contributed by atoms with Gasteiger partial charge in [-0.05, 0) is 0 Å². The summed E-state index contributed by atoms with van der Waals surface area (Å²) in [6.07, 6.45) is -8.07. The van der Waals surface area contributed by atoms with Crippen molar-refractivity contribution in [3.63, 3.8) is 0 Å². The Bertz CT molecular complexity index is 544. The van der Waals surface area contributed by atoms with E-state index in [1.165, 1.54) is 0 Å². The lowest BCUT2D eigenvalue weighted by Crippen LogP contribution is -2.62. The first-order valence-electron chi connectivity index (χ1n) is 7.50. The van der Waals surface area contributed by atoms with E-state index in [1.807, 2.05) is 0 Å². The number of hydrogen-bond donors (Lipinski definition) is 6. The highest BCUT2D eigenvalue weighted by Crippen LogP contribution is 2.58. The van der Waals surface area contributed by atoms with Crippen LogP contribution in [-0.4, -0.2) is 75.8 Å². The average Bonchev–Trinajstić information content (AvgIpc) is 2.47. The van der Waals surface area contributed by atoms with Crippen LogP contribution in [0.4, 0.5) is 0 Å². The molecule has 0 aromatic rings. The van der Waals surface area contributed by atoms with E-state index < -0.39 is 68.8 Å². The molecule has 1 unspecified atom stereocenters. The van der Waals surface area contributed by atoms with Gasteiger partial charge < -0.3 is 29.9 Å². The van der Waals surface area contributed by atoms with Gasteiger partial charge in [0, 0.05) is 12.8 Å². The largest absolute Gasteiger partial charge is 0.521 e. The number of carbonyl (C=O) groups excluding carboxylic acids is 2. The van der Waals surface area contributed by atoms with Gasteiger partial charge in [0.2, 0.25) is 0 Å². The Kier molecular flexibility index (Phi) is 4.77. The van der Waals surface area contributed by atoms with E-state index >= 15 is 0 Å². The molecule has 2 saturated heterocycles. The van der Waals surface area contributed by atoms with Gasteiger partial charge in [-0.2, -0.15) is 0 Å². The molecule has 1 spiro atoms. The van der Waals surface area contributed by atoms with Gasteiger partial charge in [0.25, 0.3) is 0 Å². The van der Waals surface area contributed by atoms with Crippen molar-refractivity contribution in [1.82, 2.24) is 0 Å². The summed E-state index contributed by atoms with van der Waals surface area (Å²) in [4.78, 5) is 24.0. The molecule has 8 N–H and O–H groups in total. The van der Waals surface area contributed by atoms with E-state index in [1.54, 1.807) is 0 Å². The Morgan fingerprint density at radius 3 is 2.16 bits per heavy atom. The molecule has 0 aromatic heterocycles. The Hall–Kier alpha value is -0.950. The van der Waals surface area contributed by atoms with E-state index in [4.69, 9.17) is 34.6 Å². The van der Waals surface area contributed by atoms with E-state index in [-0.39, 0.29) is 12.8 Å². The zero-order chi connectivity index (χ0) is 18.6. The van der Waals surface area contributed by atoms with Gasteiger partial charge in [-0.25, -0.2) is 18.6 Å². The third kappa shape index (κ3) is 3.14. The van der Waals surface area contributed by atoms with Crippen molar-refractivity contribution in [2.45, 2.75) is 49.7 Å². The van der Waals surface area contributed by atoms with Gasteiger partial charge in [0.1, 0.15) is 24.4 Å². The molecule has 3 fully saturated rings. The van der Waals surface area contributed by atoms with Crippen molar-refractivity contribution < 1.29 is 48.5 Å². The lowest BCUT2D eigenvalue weighted by atomic mass is 9.66. The minimum Gasteiger partial charge on any atom is -0.394 e. The fraction of sp³-hybridized carbons (Fsp3) is 0.833. The molecule has 0 bridgehead atoms. The second-order valence-corrected chi connectivity index (χ2v) is 8.00. The normalized spacial score (nSPS) is 40.3. The predicted octanol–water partition coefficient (Wildman–Crippen LogP) is -3.35. The Balaban J connectivity index is 1.62. The first kappa shape index (κ1) is 18.8.